The van der Waals surface area contributed by atoms with Crippen molar-refractivity contribution in [1.82, 2.24) is 9.88 Å². The molecule has 0 aromatic carbocycles. The molecule has 1 aromatic rings. The summed E-state index contributed by atoms with van der Waals surface area (Å²) in [6.45, 7) is 8.26. The SMILES string of the molecule is CC(C)(C)OC(=O)N1CCC[C@@H](COCc2cnc(Cl)s2)C1. The van der Waals surface area contributed by atoms with Gasteiger partial charge in [0.25, 0.3) is 0 Å². The third-order valence-corrected chi connectivity index (χ3v) is 4.38. The smallest absolute Gasteiger partial charge is 0.410 e. The quantitative estimate of drug-likeness (QED) is 0.828. The number of hydrogen-bond donors (Lipinski definition) is 0. The van der Waals surface area contributed by atoms with E-state index in [0.717, 1.165) is 24.3 Å². The molecule has 0 saturated carbocycles. The minimum absolute atomic E-state index is 0.230. The van der Waals surface area contributed by atoms with Crippen molar-refractivity contribution in [2.75, 3.05) is 19.7 Å². The van der Waals surface area contributed by atoms with Crippen LogP contribution in [0.3, 0.4) is 0 Å². The second-order valence-electron chi connectivity index (χ2n) is 6.53. The van der Waals surface area contributed by atoms with Crippen molar-refractivity contribution in [3.05, 3.63) is 15.5 Å². The van der Waals surface area contributed by atoms with Crippen molar-refractivity contribution < 1.29 is 14.3 Å². The molecule has 7 heteroatoms. The molecule has 0 spiro atoms. The van der Waals surface area contributed by atoms with E-state index in [1.165, 1.54) is 11.3 Å². The molecule has 0 bridgehead atoms. The van der Waals surface area contributed by atoms with E-state index in [1.807, 2.05) is 20.8 Å². The lowest BCUT2D eigenvalue weighted by Crippen LogP contribution is -2.43. The maximum atomic E-state index is 12.1. The first-order valence-electron chi connectivity index (χ1n) is 7.49. The fourth-order valence-corrected chi connectivity index (χ4v) is 3.29. The zero-order valence-corrected chi connectivity index (χ0v) is 14.9. The van der Waals surface area contributed by atoms with Crippen molar-refractivity contribution in [3.8, 4) is 0 Å². The number of rotatable bonds is 4. The number of likely N-dealkylation sites (tertiary alicyclic amines) is 1. The predicted octanol–water partition coefficient (Wildman–Crippen LogP) is 3.96. The Morgan fingerprint density at radius 1 is 1.55 bits per heavy atom. The van der Waals surface area contributed by atoms with Crippen LogP contribution in [-0.2, 0) is 16.1 Å². The molecule has 1 aliphatic rings. The van der Waals surface area contributed by atoms with E-state index in [-0.39, 0.29) is 6.09 Å². The normalized spacial score (nSPS) is 19.3. The van der Waals surface area contributed by atoms with Crippen LogP contribution in [0.2, 0.25) is 4.47 Å². The van der Waals surface area contributed by atoms with Gasteiger partial charge < -0.3 is 14.4 Å². The number of carbonyl (C=O) groups excluding carboxylic acids is 1. The molecule has 1 aliphatic heterocycles. The summed E-state index contributed by atoms with van der Waals surface area (Å²) in [4.78, 5) is 18.9. The van der Waals surface area contributed by atoms with E-state index in [1.54, 1.807) is 11.1 Å². The van der Waals surface area contributed by atoms with Gasteiger partial charge in [-0.3, -0.25) is 0 Å². The van der Waals surface area contributed by atoms with Gasteiger partial charge in [-0.05, 0) is 33.6 Å². The lowest BCUT2D eigenvalue weighted by Gasteiger charge is -2.34. The highest BCUT2D eigenvalue weighted by molar-refractivity contribution is 7.15. The summed E-state index contributed by atoms with van der Waals surface area (Å²) >= 11 is 7.22. The van der Waals surface area contributed by atoms with Gasteiger partial charge in [0.15, 0.2) is 4.47 Å². The number of hydrogen-bond acceptors (Lipinski definition) is 5. The van der Waals surface area contributed by atoms with E-state index in [9.17, 15) is 4.79 Å². The summed E-state index contributed by atoms with van der Waals surface area (Å²) < 4.78 is 11.7. The van der Waals surface area contributed by atoms with E-state index in [4.69, 9.17) is 21.1 Å². The maximum absolute atomic E-state index is 12.1. The first-order valence-corrected chi connectivity index (χ1v) is 8.69. The number of amides is 1. The summed E-state index contributed by atoms with van der Waals surface area (Å²) in [7, 11) is 0. The van der Waals surface area contributed by atoms with Crippen LogP contribution in [0.5, 0.6) is 0 Å². The highest BCUT2D eigenvalue weighted by Gasteiger charge is 2.27. The predicted molar refractivity (Wildman–Crippen MR) is 87.3 cm³/mol. The Bertz CT molecular complexity index is 501. The van der Waals surface area contributed by atoms with Gasteiger partial charge in [0.1, 0.15) is 5.60 Å². The molecule has 1 aromatic heterocycles. The van der Waals surface area contributed by atoms with Crippen LogP contribution in [0.4, 0.5) is 4.79 Å². The number of aromatic nitrogens is 1. The van der Waals surface area contributed by atoms with Gasteiger partial charge in [0.05, 0.1) is 18.1 Å². The molecule has 124 valence electrons. The lowest BCUT2D eigenvalue weighted by atomic mass is 9.99. The maximum Gasteiger partial charge on any atom is 0.410 e. The zero-order valence-electron chi connectivity index (χ0n) is 13.3. The number of carbonyl (C=O) groups is 1. The third kappa shape index (κ3) is 5.74. The molecule has 0 N–H and O–H groups in total. The van der Waals surface area contributed by atoms with Crippen molar-refractivity contribution >= 4 is 29.0 Å². The molecule has 0 unspecified atom stereocenters. The Morgan fingerprint density at radius 3 is 2.95 bits per heavy atom. The average Bonchev–Trinajstić information content (AvgIpc) is 2.83. The van der Waals surface area contributed by atoms with Crippen LogP contribution in [0.1, 0.15) is 38.5 Å². The van der Waals surface area contributed by atoms with Crippen LogP contribution >= 0.6 is 22.9 Å². The number of piperidine rings is 1. The zero-order chi connectivity index (χ0) is 16.2. The molecule has 2 heterocycles. The van der Waals surface area contributed by atoms with E-state index in [2.05, 4.69) is 4.98 Å². The molecule has 5 nitrogen and oxygen atoms in total. The second-order valence-corrected chi connectivity index (χ2v) is 8.23. The fourth-order valence-electron chi connectivity index (χ4n) is 2.37. The van der Waals surface area contributed by atoms with Crippen molar-refractivity contribution in [2.24, 2.45) is 5.92 Å². The number of thiazole rings is 1. The molecule has 1 atom stereocenters. The van der Waals surface area contributed by atoms with E-state index < -0.39 is 5.60 Å². The molecule has 1 amide bonds. The minimum atomic E-state index is -0.452. The third-order valence-electron chi connectivity index (χ3n) is 3.29. The first kappa shape index (κ1) is 17.5. The monoisotopic (exact) mass is 346 g/mol. The van der Waals surface area contributed by atoms with Crippen LogP contribution in [0, 0.1) is 5.92 Å². The molecule has 0 radical (unpaired) electrons. The lowest BCUT2D eigenvalue weighted by molar-refractivity contribution is 0.00612. The molecular formula is C15H23ClN2O3S. The van der Waals surface area contributed by atoms with Gasteiger partial charge in [-0.1, -0.05) is 11.6 Å². The Balaban J connectivity index is 1.74. The van der Waals surface area contributed by atoms with Gasteiger partial charge in [-0.25, -0.2) is 9.78 Å². The van der Waals surface area contributed by atoms with Gasteiger partial charge in [0.2, 0.25) is 0 Å². The van der Waals surface area contributed by atoms with Gasteiger partial charge in [-0.2, -0.15) is 0 Å². The largest absolute Gasteiger partial charge is 0.444 e. The Hall–Kier alpha value is -0.850. The topological polar surface area (TPSA) is 51.7 Å². The summed E-state index contributed by atoms with van der Waals surface area (Å²) in [6.07, 6.45) is 3.56. The average molecular weight is 347 g/mol. The van der Waals surface area contributed by atoms with Crippen LogP contribution in [0.15, 0.2) is 6.20 Å². The first-order chi connectivity index (χ1) is 10.3. The molecule has 1 fully saturated rings. The molecule has 0 aliphatic carbocycles. The van der Waals surface area contributed by atoms with Crippen LogP contribution in [-0.4, -0.2) is 41.3 Å². The Kier molecular flexibility index (Phi) is 6.06. The van der Waals surface area contributed by atoms with Gasteiger partial charge >= 0.3 is 6.09 Å². The number of ether oxygens (including phenoxy) is 2. The van der Waals surface area contributed by atoms with Gasteiger partial charge in [-0.15, -0.1) is 11.3 Å². The highest BCUT2D eigenvalue weighted by Crippen LogP contribution is 2.22. The summed E-state index contributed by atoms with van der Waals surface area (Å²) in [5, 5.41) is 0. The molecule has 2 rings (SSSR count). The second kappa shape index (κ2) is 7.62. The summed E-state index contributed by atoms with van der Waals surface area (Å²) in [6, 6.07) is 0. The fraction of sp³-hybridized carbons (Fsp3) is 0.733. The van der Waals surface area contributed by atoms with Crippen LogP contribution < -0.4 is 0 Å². The highest BCUT2D eigenvalue weighted by atomic mass is 35.5. The molecular weight excluding hydrogens is 324 g/mol. The number of halogens is 1. The summed E-state index contributed by atoms with van der Waals surface area (Å²) in [5.74, 6) is 0.352. The van der Waals surface area contributed by atoms with E-state index in [0.29, 0.717) is 30.1 Å². The Labute approximate surface area is 140 Å². The molecule has 22 heavy (non-hydrogen) atoms. The van der Waals surface area contributed by atoms with Gasteiger partial charge in [0, 0.05) is 25.2 Å². The van der Waals surface area contributed by atoms with Crippen molar-refractivity contribution in [1.29, 1.82) is 0 Å². The number of nitrogens with zero attached hydrogens (tertiary/aromatic N) is 2. The minimum Gasteiger partial charge on any atom is -0.444 e. The Morgan fingerprint density at radius 2 is 2.32 bits per heavy atom. The standard InChI is InChI=1S/C15H23ClN2O3S/c1-15(2,3)21-14(19)18-6-4-5-11(8-18)9-20-10-12-7-17-13(16)22-12/h7,11H,4-6,8-10H2,1-3H3/t11-/m1/s1. The van der Waals surface area contributed by atoms with Crippen molar-refractivity contribution in [2.45, 2.75) is 45.8 Å². The summed E-state index contributed by atoms with van der Waals surface area (Å²) in [5.41, 5.74) is -0.452. The van der Waals surface area contributed by atoms with Crippen molar-refractivity contribution in [3.63, 3.8) is 0 Å². The molecule has 1 saturated heterocycles. The van der Waals surface area contributed by atoms with E-state index >= 15 is 0 Å². The van der Waals surface area contributed by atoms with Crippen LogP contribution in [0.25, 0.3) is 0 Å².